The Balaban J connectivity index is 2.83. The van der Waals surface area contributed by atoms with Gasteiger partial charge in [0.15, 0.2) is 17.5 Å². The third-order valence-corrected chi connectivity index (χ3v) is 2.88. The van der Waals surface area contributed by atoms with Gasteiger partial charge in [0, 0.05) is 5.56 Å². The zero-order valence-electron chi connectivity index (χ0n) is 10.5. The van der Waals surface area contributed by atoms with Crippen molar-refractivity contribution >= 4 is 0 Å². The van der Waals surface area contributed by atoms with Crippen LogP contribution in [0.5, 0.6) is 0 Å². The van der Waals surface area contributed by atoms with Crippen molar-refractivity contribution in [3.8, 4) is 0 Å². The third-order valence-electron chi connectivity index (χ3n) is 2.88. The summed E-state index contributed by atoms with van der Waals surface area (Å²) in [6.45, 7) is 3.97. The highest BCUT2D eigenvalue weighted by molar-refractivity contribution is 5.24. The first-order valence-electron chi connectivity index (χ1n) is 5.91. The fourth-order valence-corrected chi connectivity index (χ4v) is 1.69. The number of hydrogen-bond acceptors (Lipinski definition) is 2. The number of aliphatic hydroxyl groups is 1. The van der Waals surface area contributed by atoms with Crippen LogP contribution in [-0.2, 0) is 0 Å². The Labute approximate surface area is 105 Å². The Morgan fingerprint density at radius 1 is 1.11 bits per heavy atom. The maximum Gasteiger partial charge on any atom is 0.194 e. The predicted octanol–water partition coefficient (Wildman–Crippen LogP) is 2.90. The Morgan fingerprint density at radius 2 is 1.72 bits per heavy atom. The van der Waals surface area contributed by atoms with Crippen molar-refractivity contribution in [1.82, 2.24) is 0 Å². The number of hydrogen-bond donors (Lipinski definition) is 2. The molecule has 0 amide bonds. The molecule has 5 heteroatoms. The van der Waals surface area contributed by atoms with E-state index in [0.717, 1.165) is 18.6 Å². The summed E-state index contributed by atoms with van der Waals surface area (Å²) in [7, 11) is 0. The van der Waals surface area contributed by atoms with Gasteiger partial charge in [0.05, 0.1) is 12.1 Å². The van der Waals surface area contributed by atoms with Crippen LogP contribution in [0, 0.1) is 23.4 Å². The molecular formula is C13H18F3NO. The molecule has 0 unspecified atom stereocenters. The molecule has 0 aliphatic carbocycles. The molecule has 18 heavy (non-hydrogen) atoms. The summed E-state index contributed by atoms with van der Waals surface area (Å²) in [6, 6.07) is 0.818. The molecule has 0 aliphatic rings. The maximum absolute atomic E-state index is 13.5. The smallest absolute Gasteiger partial charge is 0.194 e. The van der Waals surface area contributed by atoms with E-state index < -0.39 is 29.6 Å². The van der Waals surface area contributed by atoms with E-state index in [1.807, 2.05) is 13.8 Å². The van der Waals surface area contributed by atoms with E-state index in [1.54, 1.807) is 0 Å². The fraction of sp³-hybridized carbons (Fsp3) is 0.538. The molecular weight excluding hydrogens is 243 g/mol. The zero-order valence-corrected chi connectivity index (χ0v) is 10.5. The minimum absolute atomic E-state index is 0.204. The summed E-state index contributed by atoms with van der Waals surface area (Å²) < 4.78 is 39.3. The van der Waals surface area contributed by atoms with Crippen molar-refractivity contribution in [2.45, 2.75) is 38.8 Å². The molecule has 2 nitrogen and oxygen atoms in total. The van der Waals surface area contributed by atoms with Crippen LogP contribution in [0.4, 0.5) is 13.2 Å². The van der Waals surface area contributed by atoms with Crippen LogP contribution < -0.4 is 5.73 Å². The van der Waals surface area contributed by atoms with Gasteiger partial charge in [0.1, 0.15) is 0 Å². The Hall–Kier alpha value is -1.07. The maximum atomic E-state index is 13.5. The normalized spacial score (nSPS) is 14.9. The molecule has 0 aromatic heterocycles. The second-order valence-corrected chi connectivity index (χ2v) is 4.83. The van der Waals surface area contributed by atoms with Gasteiger partial charge < -0.3 is 10.8 Å². The van der Waals surface area contributed by atoms with Crippen molar-refractivity contribution < 1.29 is 18.3 Å². The summed E-state index contributed by atoms with van der Waals surface area (Å²) in [5.74, 6) is -3.77. The van der Waals surface area contributed by atoms with Crippen molar-refractivity contribution in [3.05, 3.63) is 35.1 Å². The van der Waals surface area contributed by atoms with Gasteiger partial charge >= 0.3 is 0 Å². The predicted molar refractivity (Wildman–Crippen MR) is 63.3 cm³/mol. The van der Waals surface area contributed by atoms with Crippen LogP contribution in [0.3, 0.4) is 0 Å². The van der Waals surface area contributed by atoms with E-state index in [-0.39, 0.29) is 5.56 Å². The number of rotatable bonds is 5. The highest BCUT2D eigenvalue weighted by Crippen LogP contribution is 2.24. The van der Waals surface area contributed by atoms with Crippen LogP contribution >= 0.6 is 0 Å². The molecule has 0 fully saturated rings. The molecule has 2 atom stereocenters. The average Bonchev–Trinajstić information content (AvgIpc) is 2.32. The van der Waals surface area contributed by atoms with Crippen molar-refractivity contribution in [2.24, 2.45) is 11.7 Å². The number of halogens is 3. The standard InChI is InChI=1S/C13H18F3NO/c1-7(2)3-6-10(18)13(17)8-4-5-9(14)12(16)11(8)15/h4-5,7,10,13,18H,3,6,17H2,1-2H3/t10-,13+/m1/s1. The number of aliphatic hydroxyl groups excluding tert-OH is 1. The SMILES string of the molecule is CC(C)CC[C@@H](O)[C@@H](N)c1ccc(F)c(F)c1F. The largest absolute Gasteiger partial charge is 0.391 e. The van der Waals surface area contributed by atoms with Gasteiger partial charge in [0.25, 0.3) is 0 Å². The quantitative estimate of drug-likeness (QED) is 0.800. The molecule has 0 heterocycles. The van der Waals surface area contributed by atoms with E-state index in [0.29, 0.717) is 12.3 Å². The summed E-state index contributed by atoms with van der Waals surface area (Å²) in [4.78, 5) is 0. The first-order valence-corrected chi connectivity index (χ1v) is 5.91. The van der Waals surface area contributed by atoms with Gasteiger partial charge in [-0.15, -0.1) is 0 Å². The van der Waals surface area contributed by atoms with Gasteiger partial charge in [-0.05, 0) is 24.8 Å². The Kier molecular flexibility index (Phi) is 5.16. The zero-order chi connectivity index (χ0) is 13.9. The molecule has 0 saturated heterocycles. The van der Waals surface area contributed by atoms with Crippen LogP contribution in [0.2, 0.25) is 0 Å². The molecule has 0 aliphatic heterocycles. The molecule has 1 aromatic carbocycles. The van der Waals surface area contributed by atoms with E-state index >= 15 is 0 Å². The topological polar surface area (TPSA) is 46.2 Å². The fourth-order valence-electron chi connectivity index (χ4n) is 1.69. The minimum Gasteiger partial charge on any atom is -0.391 e. The van der Waals surface area contributed by atoms with Gasteiger partial charge in [0.2, 0.25) is 0 Å². The lowest BCUT2D eigenvalue weighted by molar-refractivity contribution is 0.126. The van der Waals surface area contributed by atoms with Crippen LogP contribution in [0.15, 0.2) is 12.1 Å². The van der Waals surface area contributed by atoms with Crippen molar-refractivity contribution in [1.29, 1.82) is 0 Å². The third kappa shape index (κ3) is 3.46. The van der Waals surface area contributed by atoms with Gasteiger partial charge in [-0.25, -0.2) is 13.2 Å². The lowest BCUT2D eigenvalue weighted by Crippen LogP contribution is -2.27. The van der Waals surface area contributed by atoms with Crippen LogP contribution in [0.1, 0.15) is 38.3 Å². The number of benzene rings is 1. The summed E-state index contributed by atoms with van der Waals surface area (Å²) in [5.41, 5.74) is 5.46. The van der Waals surface area contributed by atoms with Gasteiger partial charge in [-0.3, -0.25) is 0 Å². The number of nitrogens with two attached hydrogens (primary N) is 1. The van der Waals surface area contributed by atoms with Crippen molar-refractivity contribution in [2.75, 3.05) is 0 Å². The Morgan fingerprint density at radius 3 is 2.28 bits per heavy atom. The molecule has 0 spiro atoms. The molecule has 1 aromatic rings. The van der Waals surface area contributed by atoms with Crippen LogP contribution in [-0.4, -0.2) is 11.2 Å². The molecule has 3 N–H and O–H groups in total. The molecule has 1 rings (SSSR count). The minimum atomic E-state index is -1.56. The van der Waals surface area contributed by atoms with E-state index in [4.69, 9.17) is 5.73 Å². The van der Waals surface area contributed by atoms with Crippen LogP contribution in [0.25, 0.3) is 0 Å². The highest BCUT2D eigenvalue weighted by atomic mass is 19.2. The molecule has 0 radical (unpaired) electrons. The summed E-state index contributed by atoms with van der Waals surface area (Å²) in [6.07, 6.45) is 0.129. The molecule has 0 bridgehead atoms. The second kappa shape index (κ2) is 6.20. The van der Waals surface area contributed by atoms with E-state index in [1.165, 1.54) is 0 Å². The van der Waals surface area contributed by atoms with E-state index in [9.17, 15) is 18.3 Å². The first-order chi connectivity index (χ1) is 8.34. The van der Waals surface area contributed by atoms with Gasteiger partial charge in [-0.2, -0.15) is 0 Å². The van der Waals surface area contributed by atoms with Gasteiger partial charge in [-0.1, -0.05) is 19.9 Å². The highest BCUT2D eigenvalue weighted by Gasteiger charge is 2.23. The second-order valence-electron chi connectivity index (χ2n) is 4.83. The van der Waals surface area contributed by atoms with E-state index in [2.05, 4.69) is 0 Å². The lowest BCUT2D eigenvalue weighted by atomic mass is 9.95. The summed E-state index contributed by atoms with van der Waals surface area (Å²) >= 11 is 0. The average molecular weight is 261 g/mol. The monoisotopic (exact) mass is 261 g/mol. The summed E-state index contributed by atoms with van der Waals surface area (Å²) in [5, 5.41) is 9.80. The lowest BCUT2D eigenvalue weighted by Gasteiger charge is -2.20. The molecule has 0 saturated carbocycles. The first kappa shape index (κ1) is 15.0. The van der Waals surface area contributed by atoms with Crippen molar-refractivity contribution in [3.63, 3.8) is 0 Å². The Bertz CT molecular complexity index is 409. The molecule has 102 valence electrons.